The summed E-state index contributed by atoms with van der Waals surface area (Å²) in [5.74, 6) is 0.895. The summed E-state index contributed by atoms with van der Waals surface area (Å²) >= 11 is 0. The van der Waals surface area contributed by atoms with Crippen LogP contribution in [-0.4, -0.2) is 18.1 Å². The van der Waals surface area contributed by atoms with E-state index >= 15 is 0 Å². The molecule has 3 nitrogen and oxygen atoms in total. The van der Waals surface area contributed by atoms with Crippen LogP contribution in [0.3, 0.4) is 0 Å². The highest BCUT2D eigenvalue weighted by Crippen LogP contribution is 2.30. The number of fused-ring (bicyclic) bond motifs is 1. The van der Waals surface area contributed by atoms with E-state index in [4.69, 9.17) is 4.42 Å². The van der Waals surface area contributed by atoms with Crippen molar-refractivity contribution < 1.29 is 4.42 Å². The minimum absolute atomic E-state index is 0.894. The van der Waals surface area contributed by atoms with Crippen molar-refractivity contribution in [3.05, 3.63) is 47.7 Å². The average molecular weight is 306 g/mol. The summed E-state index contributed by atoms with van der Waals surface area (Å²) < 4.78 is 6.05. The van der Waals surface area contributed by atoms with Crippen LogP contribution in [0.5, 0.6) is 0 Å². The van der Waals surface area contributed by atoms with Gasteiger partial charge in [-0.1, -0.05) is 0 Å². The smallest absolute Gasteiger partial charge is 0.156 e. The number of rotatable bonds is 2. The summed E-state index contributed by atoms with van der Waals surface area (Å²) in [6, 6.07) is 12.8. The molecule has 118 valence electrons. The van der Waals surface area contributed by atoms with Crippen LogP contribution < -0.4 is 4.90 Å². The highest BCUT2D eigenvalue weighted by Gasteiger charge is 2.13. The number of hydrogen-bond acceptors (Lipinski definition) is 3. The first kappa shape index (κ1) is 14.3. The molecule has 0 aliphatic carbocycles. The summed E-state index contributed by atoms with van der Waals surface area (Å²) in [6.45, 7) is 6.44. The van der Waals surface area contributed by atoms with E-state index in [2.05, 4.69) is 47.1 Å². The van der Waals surface area contributed by atoms with Gasteiger partial charge < -0.3 is 9.32 Å². The predicted molar refractivity (Wildman–Crippen MR) is 95.0 cm³/mol. The summed E-state index contributed by atoms with van der Waals surface area (Å²) in [6.07, 6.45) is 3.96. The molecule has 4 rings (SSSR count). The first-order valence-electron chi connectivity index (χ1n) is 8.44. The molecule has 0 unspecified atom stereocenters. The van der Waals surface area contributed by atoms with E-state index < -0.39 is 0 Å². The molecule has 2 aromatic heterocycles. The Bertz CT molecular complexity index is 827. The van der Waals surface area contributed by atoms with Crippen molar-refractivity contribution in [3.63, 3.8) is 0 Å². The lowest BCUT2D eigenvalue weighted by molar-refractivity contribution is 0.578. The summed E-state index contributed by atoms with van der Waals surface area (Å²) in [5.41, 5.74) is 6.44. The quantitative estimate of drug-likeness (QED) is 0.659. The Morgan fingerprint density at radius 2 is 1.70 bits per heavy atom. The molecule has 0 radical (unpaired) electrons. The van der Waals surface area contributed by atoms with Crippen LogP contribution in [-0.2, 0) is 0 Å². The second-order valence-electron chi connectivity index (χ2n) is 6.50. The molecule has 0 N–H and O–H groups in total. The fourth-order valence-corrected chi connectivity index (χ4v) is 3.48. The molecule has 0 amide bonds. The highest BCUT2D eigenvalue weighted by atomic mass is 16.3. The van der Waals surface area contributed by atoms with Crippen LogP contribution in [0, 0.1) is 13.8 Å². The predicted octanol–water partition coefficient (Wildman–Crippen LogP) is 5.10. The molecule has 1 aromatic carbocycles. The first-order valence-corrected chi connectivity index (χ1v) is 8.44. The fraction of sp³-hybridized carbons (Fsp3) is 0.350. The summed E-state index contributed by atoms with van der Waals surface area (Å²) in [4.78, 5) is 7.04. The number of hydrogen-bond donors (Lipinski definition) is 0. The monoisotopic (exact) mass is 306 g/mol. The van der Waals surface area contributed by atoms with Crippen molar-refractivity contribution in [1.82, 2.24) is 4.98 Å². The molecule has 3 heteroatoms. The van der Waals surface area contributed by atoms with Crippen LogP contribution in [0.4, 0.5) is 5.69 Å². The number of anilines is 1. The SMILES string of the molecule is Cc1cc(C)c2oc(-c3ccc(N4CCCCC4)cc3)cc2n1. The van der Waals surface area contributed by atoms with Gasteiger partial charge in [0.25, 0.3) is 0 Å². The van der Waals surface area contributed by atoms with Gasteiger partial charge in [0.05, 0.1) is 0 Å². The molecule has 1 aliphatic heterocycles. The van der Waals surface area contributed by atoms with Crippen molar-refractivity contribution in [1.29, 1.82) is 0 Å². The van der Waals surface area contributed by atoms with Gasteiger partial charge in [-0.25, -0.2) is 4.98 Å². The number of aromatic nitrogens is 1. The minimum Gasteiger partial charge on any atom is -0.454 e. The maximum absolute atomic E-state index is 6.05. The van der Waals surface area contributed by atoms with Gasteiger partial charge in [0.2, 0.25) is 0 Å². The Hall–Kier alpha value is -2.29. The molecule has 0 saturated carbocycles. The fourth-order valence-electron chi connectivity index (χ4n) is 3.48. The number of nitrogens with zero attached hydrogens (tertiary/aromatic N) is 2. The maximum Gasteiger partial charge on any atom is 0.156 e. The molecule has 0 atom stereocenters. The molecule has 1 saturated heterocycles. The number of benzene rings is 1. The zero-order chi connectivity index (χ0) is 15.8. The third kappa shape index (κ3) is 2.72. The van der Waals surface area contributed by atoms with Crippen LogP contribution in [0.2, 0.25) is 0 Å². The Kier molecular flexibility index (Phi) is 3.56. The largest absolute Gasteiger partial charge is 0.454 e. The Labute approximate surface area is 136 Å². The van der Waals surface area contributed by atoms with E-state index in [1.54, 1.807) is 0 Å². The number of pyridine rings is 1. The lowest BCUT2D eigenvalue weighted by Gasteiger charge is -2.28. The Morgan fingerprint density at radius 3 is 2.43 bits per heavy atom. The first-order chi connectivity index (χ1) is 11.2. The van der Waals surface area contributed by atoms with Crippen LogP contribution in [0.1, 0.15) is 30.5 Å². The maximum atomic E-state index is 6.05. The van der Waals surface area contributed by atoms with Gasteiger partial charge in [0, 0.05) is 36.1 Å². The molecule has 3 aromatic rings. The topological polar surface area (TPSA) is 29.3 Å². The standard InChI is InChI=1S/C20H22N2O/c1-14-12-15(2)21-18-13-19(23-20(14)18)16-6-8-17(9-7-16)22-10-4-3-5-11-22/h6-9,12-13H,3-5,10-11H2,1-2H3. The molecular formula is C20H22N2O. The Balaban J connectivity index is 1.66. The second-order valence-corrected chi connectivity index (χ2v) is 6.50. The zero-order valence-corrected chi connectivity index (χ0v) is 13.8. The molecule has 3 heterocycles. The average Bonchev–Trinajstić information content (AvgIpc) is 3.00. The van der Waals surface area contributed by atoms with Gasteiger partial charge in [-0.15, -0.1) is 0 Å². The van der Waals surface area contributed by atoms with Crippen molar-refractivity contribution >= 4 is 16.8 Å². The van der Waals surface area contributed by atoms with Gasteiger partial charge in [-0.05, 0) is 69.0 Å². The van der Waals surface area contributed by atoms with Crippen LogP contribution in [0.25, 0.3) is 22.4 Å². The van der Waals surface area contributed by atoms with Gasteiger partial charge in [-0.2, -0.15) is 0 Å². The number of piperidine rings is 1. The zero-order valence-electron chi connectivity index (χ0n) is 13.8. The van der Waals surface area contributed by atoms with Gasteiger partial charge in [0.1, 0.15) is 11.3 Å². The molecule has 0 bridgehead atoms. The van der Waals surface area contributed by atoms with Crippen molar-refractivity contribution in [2.45, 2.75) is 33.1 Å². The normalized spacial score (nSPS) is 15.3. The highest BCUT2D eigenvalue weighted by molar-refractivity contribution is 5.82. The molecule has 0 spiro atoms. The molecular weight excluding hydrogens is 284 g/mol. The molecule has 1 aliphatic rings. The number of aryl methyl sites for hydroxylation is 2. The van der Waals surface area contributed by atoms with E-state index in [9.17, 15) is 0 Å². The minimum atomic E-state index is 0.894. The summed E-state index contributed by atoms with van der Waals surface area (Å²) in [7, 11) is 0. The summed E-state index contributed by atoms with van der Waals surface area (Å²) in [5, 5.41) is 0. The van der Waals surface area contributed by atoms with Crippen molar-refractivity contribution in [3.8, 4) is 11.3 Å². The van der Waals surface area contributed by atoms with Gasteiger partial charge in [-0.3, -0.25) is 0 Å². The number of furan rings is 1. The van der Waals surface area contributed by atoms with Gasteiger partial charge >= 0.3 is 0 Å². The van der Waals surface area contributed by atoms with E-state index in [1.165, 1.54) is 38.0 Å². The lowest BCUT2D eigenvalue weighted by atomic mass is 10.1. The van der Waals surface area contributed by atoms with Crippen molar-refractivity contribution in [2.24, 2.45) is 0 Å². The lowest BCUT2D eigenvalue weighted by Crippen LogP contribution is -2.29. The van der Waals surface area contributed by atoms with Crippen molar-refractivity contribution in [2.75, 3.05) is 18.0 Å². The molecule has 23 heavy (non-hydrogen) atoms. The van der Waals surface area contributed by atoms with E-state index in [1.807, 2.05) is 13.0 Å². The second kappa shape index (κ2) is 5.73. The third-order valence-electron chi connectivity index (χ3n) is 4.67. The van der Waals surface area contributed by atoms with Gasteiger partial charge in [0.15, 0.2) is 5.58 Å². The van der Waals surface area contributed by atoms with E-state index in [0.717, 1.165) is 33.7 Å². The Morgan fingerprint density at radius 1 is 0.957 bits per heavy atom. The third-order valence-corrected chi connectivity index (χ3v) is 4.67. The van der Waals surface area contributed by atoms with Crippen LogP contribution >= 0.6 is 0 Å². The van der Waals surface area contributed by atoms with E-state index in [0.29, 0.717) is 0 Å². The molecule has 1 fully saturated rings. The van der Waals surface area contributed by atoms with Crippen LogP contribution in [0.15, 0.2) is 40.8 Å². The van der Waals surface area contributed by atoms with E-state index in [-0.39, 0.29) is 0 Å².